The molecule has 3 N–H and O–H groups in total. The number of aliphatic hydroxyl groups excluding tert-OH is 1. The predicted octanol–water partition coefficient (Wildman–Crippen LogP) is 6.17. The van der Waals surface area contributed by atoms with Gasteiger partial charge in [0.1, 0.15) is 17.2 Å². The molecule has 2 rings (SSSR count). The number of anilines is 2. The summed E-state index contributed by atoms with van der Waals surface area (Å²) in [5.41, 5.74) is 0.265. The van der Waals surface area contributed by atoms with Crippen molar-refractivity contribution in [3.05, 3.63) is 47.8 Å². The van der Waals surface area contributed by atoms with E-state index in [2.05, 4.69) is 55.7 Å². The molecule has 0 aliphatic carbocycles. The summed E-state index contributed by atoms with van der Waals surface area (Å²) in [6, 6.07) is 5.45. The van der Waals surface area contributed by atoms with E-state index in [9.17, 15) is 10.2 Å². The summed E-state index contributed by atoms with van der Waals surface area (Å²) in [6.45, 7) is 22.7. The normalized spacial score (nSPS) is 15.3. The largest absolute Gasteiger partial charge is 0.416 e. The lowest BCUT2D eigenvalue weighted by molar-refractivity contribution is 0.0520. The van der Waals surface area contributed by atoms with Crippen LogP contribution in [0.3, 0.4) is 0 Å². The molecule has 36 heavy (non-hydrogen) atoms. The summed E-state index contributed by atoms with van der Waals surface area (Å²) in [7, 11) is -2.11. The van der Waals surface area contributed by atoms with Gasteiger partial charge in [0.25, 0.3) is 0 Å². The van der Waals surface area contributed by atoms with Crippen LogP contribution in [0.2, 0.25) is 18.1 Å². The molecule has 0 unspecified atom stereocenters. The minimum absolute atomic E-state index is 0.0228. The molecule has 0 saturated heterocycles. The van der Waals surface area contributed by atoms with Gasteiger partial charge in [0.2, 0.25) is 0 Å². The second-order valence-electron chi connectivity index (χ2n) is 11.9. The fraction of sp³-hybridized carbons (Fsp3) is 0.593. The van der Waals surface area contributed by atoms with Gasteiger partial charge < -0.3 is 20.0 Å². The van der Waals surface area contributed by atoms with Crippen LogP contribution in [0.25, 0.3) is 0 Å². The first kappa shape index (κ1) is 30.4. The Morgan fingerprint density at radius 1 is 1.17 bits per heavy atom. The third kappa shape index (κ3) is 7.38. The van der Waals surface area contributed by atoms with Crippen molar-refractivity contribution in [2.75, 3.05) is 18.2 Å². The first-order chi connectivity index (χ1) is 16.4. The Morgan fingerprint density at radius 3 is 2.33 bits per heavy atom. The number of rotatable bonds is 11. The highest BCUT2D eigenvalue weighted by atomic mass is 32.2. The van der Waals surface area contributed by atoms with Gasteiger partial charge in [0, 0.05) is 23.8 Å². The molecule has 0 amide bonds. The van der Waals surface area contributed by atoms with Gasteiger partial charge in [-0.2, -0.15) is 0 Å². The zero-order valence-electron chi connectivity index (χ0n) is 23.6. The summed E-state index contributed by atoms with van der Waals surface area (Å²) in [4.78, 5) is 13.9. The zero-order valence-corrected chi connectivity index (χ0v) is 25.4. The zero-order chi connectivity index (χ0) is 27.5. The molecule has 2 atom stereocenters. The van der Waals surface area contributed by atoms with E-state index >= 15 is 0 Å². The summed E-state index contributed by atoms with van der Waals surface area (Å²) in [5, 5.41) is 25.9. The van der Waals surface area contributed by atoms with Crippen molar-refractivity contribution in [1.29, 1.82) is 0 Å². The molecule has 0 bridgehead atoms. The summed E-state index contributed by atoms with van der Waals surface area (Å²) >= 11 is 1.44. The number of nitrogens with one attached hydrogen (secondary N) is 1. The van der Waals surface area contributed by atoms with Gasteiger partial charge in [-0.05, 0) is 63.7 Å². The SMILES string of the molecule is C=C(C)C[C@H](O)[C@](C)(CO[Si](C)(C)C(C)(C)C)c1cnc(SC)nc1Nc1cccc(C(C)(C)O)n1. The Kier molecular flexibility index (Phi) is 9.56. The van der Waals surface area contributed by atoms with Crippen molar-refractivity contribution >= 4 is 31.7 Å². The van der Waals surface area contributed by atoms with Crippen LogP contribution in [0.4, 0.5) is 11.6 Å². The molecular formula is C27H44N4O3SSi. The maximum absolute atomic E-state index is 11.5. The first-order valence-electron chi connectivity index (χ1n) is 12.3. The van der Waals surface area contributed by atoms with Crippen LogP contribution in [-0.2, 0) is 15.4 Å². The maximum atomic E-state index is 11.5. The molecule has 0 spiro atoms. The van der Waals surface area contributed by atoms with Crippen molar-refractivity contribution in [2.45, 2.75) is 95.3 Å². The molecule has 2 aromatic rings. The quantitative estimate of drug-likeness (QED) is 0.137. The van der Waals surface area contributed by atoms with Gasteiger partial charge in [-0.3, -0.25) is 0 Å². The lowest BCUT2D eigenvalue weighted by atomic mass is 9.76. The number of nitrogens with zero attached hydrogens (tertiary/aromatic N) is 3. The van der Waals surface area contributed by atoms with Gasteiger partial charge in [-0.15, -0.1) is 6.58 Å². The second kappa shape index (κ2) is 11.3. The molecule has 7 nitrogen and oxygen atoms in total. The highest BCUT2D eigenvalue weighted by Crippen LogP contribution is 2.41. The van der Waals surface area contributed by atoms with E-state index in [-0.39, 0.29) is 5.04 Å². The lowest BCUT2D eigenvalue weighted by Gasteiger charge is -2.42. The van der Waals surface area contributed by atoms with Crippen LogP contribution >= 0.6 is 11.8 Å². The van der Waals surface area contributed by atoms with Crippen LogP contribution in [0.5, 0.6) is 0 Å². The number of pyridine rings is 1. The van der Waals surface area contributed by atoms with E-state index in [1.165, 1.54) is 11.8 Å². The van der Waals surface area contributed by atoms with Crippen LogP contribution in [0.15, 0.2) is 41.7 Å². The van der Waals surface area contributed by atoms with Crippen molar-refractivity contribution in [3.63, 3.8) is 0 Å². The molecular weight excluding hydrogens is 488 g/mol. The molecule has 2 aromatic heterocycles. The van der Waals surface area contributed by atoms with Gasteiger partial charge in [-0.1, -0.05) is 51.1 Å². The molecule has 0 radical (unpaired) electrons. The molecule has 2 heterocycles. The van der Waals surface area contributed by atoms with E-state index in [1.807, 2.05) is 32.2 Å². The highest BCUT2D eigenvalue weighted by Gasteiger charge is 2.43. The van der Waals surface area contributed by atoms with Crippen LogP contribution < -0.4 is 5.32 Å². The smallest absolute Gasteiger partial charge is 0.192 e. The Labute approximate surface area is 222 Å². The average Bonchev–Trinajstić information content (AvgIpc) is 2.75. The minimum Gasteiger partial charge on any atom is -0.416 e. The average molecular weight is 533 g/mol. The van der Waals surface area contributed by atoms with Gasteiger partial charge in [0.15, 0.2) is 13.5 Å². The molecule has 0 fully saturated rings. The van der Waals surface area contributed by atoms with Gasteiger partial charge >= 0.3 is 0 Å². The molecule has 0 aromatic carbocycles. The third-order valence-electron chi connectivity index (χ3n) is 7.00. The maximum Gasteiger partial charge on any atom is 0.192 e. The number of thioether (sulfide) groups is 1. The Morgan fingerprint density at radius 2 is 1.81 bits per heavy atom. The first-order valence-corrected chi connectivity index (χ1v) is 16.4. The van der Waals surface area contributed by atoms with E-state index in [1.54, 1.807) is 26.1 Å². The van der Waals surface area contributed by atoms with E-state index < -0.39 is 25.4 Å². The molecule has 200 valence electrons. The number of aliphatic hydroxyl groups is 2. The fourth-order valence-electron chi connectivity index (χ4n) is 3.40. The summed E-state index contributed by atoms with van der Waals surface area (Å²) < 4.78 is 6.65. The fourth-order valence-corrected chi connectivity index (χ4v) is 4.83. The van der Waals surface area contributed by atoms with Gasteiger partial charge in [-0.25, -0.2) is 15.0 Å². The molecule has 0 saturated carbocycles. The number of aromatic nitrogens is 3. The molecule has 0 aliphatic heterocycles. The monoisotopic (exact) mass is 532 g/mol. The van der Waals surface area contributed by atoms with Gasteiger partial charge in [0.05, 0.1) is 11.8 Å². The van der Waals surface area contributed by atoms with Crippen molar-refractivity contribution in [3.8, 4) is 0 Å². The van der Waals surface area contributed by atoms with E-state index in [0.29, 0.717) is 35.5 Å². The van der Waals surface area contributed by atoms with Crippen molar-refractivity contribution in [2.24, 2.45) is 0 Å². The molecule has 0 aliphatic rings. The highest BCUT2D eigenvalue weighted by molar-refractivity contribution is 7.98. The number of hydrogen-bond donors (Lipinski definition) is 3. The topological polar surface area (TPSA) is 100 Å². The second-order valence-corrected chi connectivity index (χ2v) is 17.4. The lowest BCUT2D eigenvalue weighted by Crippen LogP contribution is -2.48. The summed E-state index contributed by atoms with van der Waals surface area (Å²) in [5.74, 6) is 1.10. The van der Waals surface area contributed by atoms with Crippen LogP contribution in [-0.4, -0.2) is 52.4 Å². The Balaban J connectivity index is 2.61. The molecule has 9 heteroatoms. The Bertz CT molecular complexity index is 1070. The predicted molar refractivity (Wildman–Crippen MR) is 153 cm³/mol. The Hall–Kier alpha value is -1.78. The van der Waals surface area contributed by atoms with Crippen molar-refractivity contribution < 1.29 is 14.6 Å². The third-order valence-corrected chi connectivity index (χ3v) is 12.0. The van der Waals surface area contributed by atoms with Crippen LogP contribution in [0, 0.1) is 0 Å². The van der Waals surface area contributed by atoms with E-state index in [0.717, 1.165) is 11.1 Å². The number of hydrogen-bond acceptors (Lipinski definition) is 8. The minimum atomic E-state index is -2.11. The van der Waals surface area contributed by atoms with E-state index in [4.69, 9.17) is 9.41 Å². The standard InChI is InChI=1S/C27H44N4O3SSi/c1-18(2)15-21(32)27(8,17-34-36(10,11)25(3,4)5)19-16-28-24(35-9)31-23(19)30-22-14-12-13-20(29-22)26(6,7)33/h12-14,16,21,32-33H,1,15,17H2,2-11H3,(H,28,29,30,31)/t21-,27+/m0/s1. The van der Waals surface area contributed by atoms with Crippen LogP contribution in [0.1, 0.15) is 66.1 Å². The summed E-state index contributed by atoms with van der Waals surface area (Å²) in [6.07, 6.45) is 3.35. The van der Waals surface area contributed by atoms with Crippen molar-refractivity contribution in [1.82, 2.24) is 15.0 Å².